The fourth-order valence-corrected chi connectivity index (χ4v) is 0.204. The summed E-state index contributed by atoms with van der Waals surface area (Å²) >= 11 is 0. The Labute approximate surface area is 69.1 Å². The molecule has 0 fully saturated rings. The van der Waals surface area contributed by atoms with Gasteiger partial charge in [0, 0.05) is 13.2 Å². The van der Waals surface area contributed by atoms with Gasteiger partial charge in [0.1, 0.15) is 0 Å². The average Bonchev–Trinajstić information content (AvgIpc) is 1.41. The van der Waals surface area contributed by atoms with E-state index in [2.05, 4.69) is 0 Å². The molecule has 0 spiro atoms. The molecule has 0 rings (SSSR count). The summed E-state index contributed by atoms with van der Waals surface area (Å²) in [6.07, 6.45) is 0. The van der Waals surface area contributed by atoms with Crippen molar-refractivity contribution in [2.45, 2.75) is 13.8 Å². The Kier molecular flexibility index (Phi) is 16.3. The van der Waals surface area contributed by atoms with Gasteiger partial charge in [0.25, 0.3) is 0 Å². The Bertz CT molecular complexity index is 15.0. The molecule has 0 aromatic carbocycles. The van der Waals surface area contributed by atoms with E-state index in [4.69, 9.17) is 4.74 Å². The molecule has 0 amide bonds. The third-order valence-electron chi connectivity index (χ3n) is 0.408. The molecule has 2 heteroatoms. The van der Waals surface area contributed by atoms with Crippen LogP contribution in [0.25, 0.3) is 0 Å². The maximum absolute atomic E-state index is 4.83. The van der Waals surface area contributed by atoms with Crippen LogP contribution in [-0.4, -0.2) is 51.0 Å². The van der Waals surface area contributed by atoms with Crippen molar-refractivity contribution in [1.29, 1.82) is 0 Å². The molecule has 1 nitrogen and oxygen atoms in total. The van der Waals surface area contributed by atoms with Crippen molar-refractivity contribution in [3.05, 3.63) is 0 Å². The molecule has 0 aliphatic heterocycles. The average molecular weight is 116 g/mol. The second-order valence-corrected chi connectivity index (χ2v) is 0.781. The number of rotatable bonds is 2. The second kappa shape index (κ2) is 9.52. The monoisotopic (exact) mass is 116 g/mol. The van der Waals surface area contributed by atoms with E-state index in [1.54, 1.807) is 0 Å². The van der Waals surface area contributed by atoms with Crippen molar-refractivity contribution < 1.29 is 4.74 Å². The zero-order valence-electron chi connectivity index (χ0n) is 3.82. The van der Waals surface area contributed by atoms with Gasteiger partial charge in [-0.25, -0.2) is 0 Å². The molecule has 6 heavy (non-hydrogen) atoms. The summed E-state index contributed by atoms with van der Waals surface area (Å²) in [5, 5.41) is 0. The molecule has 0 aliphatic carbocycles. The Morgan fingerprint density at radius 3 is 1.50 bits per heavy atom. The van der Waals surface area contributed by atoms with Crippen molar-refractivity contribution in [2.75, 3.05) is 13.2 Å². The molecule has 0 aliphatic rings. The summed E-state index contributed by atoms with van der Waals surface area (Å²) in [7, 11) is 0. The fourth-order valence-electron chi connectivity index (χ4n) is 0.204. The van der Waals surface area contributed by atoms with Crippen molar-refractivity contribution in [2.24, 2.45) is 0 Å². The molecule has 0 unspecified atom stereocenters. The van der Waals surface area contributed by atoms with E-state index in [0.717, 1.165) is 13.2 Å². The first-order valence-corrected chi connectivity index (χ1v) is 1.99. The van der Waals surface area contributed by atoms with E-state index in [9.17, 15) is 0 Å². The molecular weight excluding hydrogens is 104 g/mol. The topological polar surface area (TPSA) is 9.23 Å². The molecule has 0 bridgehead atoms. The summed E-state index contributed by atoms with van der Waals surface area (Å²) in [5.74, 6) is 0. The van der Waals surface area contributed by atoms with E-state index in [0.29, 0.717) is 0 Å². The van der Waals surface area contributed by atoms with Crippen LogP contribution in [0.5, 0.6) is 0 Å². The summed E-state index contributed by atoms with van der Waals surface area (Å²) in [5.41, 5.74) is 0. The van der Waals surface area contributed by atoms with E-state index in [1.807, 2.05) is 13.8 Å². The quantitative estimate of drug-likeness (QED) is 0.466. The van der Waals surface area contributed by atoms with Crippen LogP contribution in [0.3, 0.4) is 0 Å². The molecule has 0 saturated heterocycles. The van der Waals surface area contributed by atoms with Gasteiger partial charge in [-0.3, -0.25) is 0 Å². The summed E-state index contributed by atoms with van der Waals surface area (Å²) in [6.45, 7) is 5.67. The Morgan fingerprint density at radius 1 is 1.17 bits per heavy atom. The van der Waals surface area contributed by atoms with E-state index in [-0.39, 0.29) is 37.7 Å². The SMILES string of the molecule is CCOCC.[CaH2]. The van der Waals surface area contributed by atoms with Crippen LogP contribution in [0, 0.1) is 0 Å². The fraction of sp³-hybridized carbons (Fsp3) is 1.00. The molecule has 0 N–H and O–H groups in total. The molecule has 0 saturated carbocycles. The van der Waals surface area contributed by atoms with E-state index in [1.165, 1.54) is 0 Å². The van der Waals surface area contributed by atoms with Crippen molar-refractivity contribution in [3.63, 3.8) is 0 Å². The van der Waals surface area contributed by atoms with Crippen LogP contribution in [-0.2, 0) is 4.74 Å². The van der Waals surface area contributed by atoms with Crippen molar-refractivity contribution in [3.8, 4) is 0 Å². The van der Waals surface area contributed by atoms with Gasteiger partial charge in [-0.1, -0.05) is 0 Å². The predicted octanol–water partition coefficient (Wildman–Crippen LogP) is 0.127. The van der Waals surface area contributed by atoms with E-state index < -0.39 is 0 Å². The van der Waals surface area contributed by atoms with E-state index >= 15 is 0 Å². The summed E-state index contributed by atoms with van der Waals surface area (Å²) in [4.78, 5) is 0. The number of hydrogen-bond donors (Lipinski definition) is 0. The molecule has 0 aromatic heterocycles. The van der Waals surface area contributed by atoms with Gasteiger partial charge >= 0.3 is 37.7 Å². The first kappa shape index (κ1) is 10.3. The molecule has 0 heterocycles. The summed E-state index contributed by atoms with van der Waals surface area (Å²) in [6, 6.07) is 0. The zero-order chi connectivity index (χ0) is 4.12. The molecule has 36 valence electrons. The van der Waals surface area contributed by atoms with Crippen LogP contribution in [0.2, 0.25) is 0 Å². The third kappa shape index (κ3) is 8.97. The number of ether oxygens (including phenoxy) is 1. The molecular formula is C4H12CaO. The normalized spacial score (nSPS) is 7.00. The minimum atomic E-state index is 0. The van der Waals surface area contributed by atoms with Crippen molar-refractivity contribution >= 4 is 37.7 Å². The van der Waals surface area contributed by atoms with Crippen LogP contribution >= 0.6 is 0 Å². The van der Waals surface area contributed by atoms with Gasteiger partial charge < -0.3 is 4.74 Å². The van der Waals surface area contributed by atoms with Gasteiger partial charge in [-0.05, 0) is 13.8 Å². The second-order valence-electron chi connectivity index (χ2n) is 0.781. The first-order chi connectivity index (χ1) is 2.41. The standard InChI is InChI=1S/C4H10O.Ca.2H/c1-3-5-4-2;;;/h3-4H2,1-2H3;;;. The van der Waals surface area contributed by atoms with Crippen LogP contribution in [0.4, 0.5) is 0 Å². The summed E-state index contributed by atoms with van der Waals surface area (Å²) < 4.78 is 4.83. The molecule has 0 aromatic rings. The molecule has 0 radical (unpaired) electrons. The maximum atomic E-state index is 4.83. The number of hydrogen-bond acceptors (Lipinski definition) is 1. The zero-order valence-corrected chi connectivity index (χ0v) is 3.82. The Morgan fingerprint density at radius 2 is 1.50 bits per heavy atom. The minimum absolute atomic E-state index is 0. The van der Waals surface area contributed by atoms with Gasteiger partial charge in [0.15, 0.2) is 0 Å². The van der Waals surface area contributed by atoms with Gasteiger partial charge in [0.05, 0.1) is 0 Å². The predicted molar refractivity (Wildman–Crippen MR) is 30.7 cm³/mol. The van der Waals surface area contributed by atoms with Gasteiger partial charge in [0.2, 0.25) is 0 Å². The Balaban J connectivity index is 0. The Hall–Kier alpha value is 1.22. The third-order valence-corrected chi connectivity index (χ3v) is 0.408. The van der Waals surface area contributed by atoms with Crippen LogP contribution < -0.4 is 0 Å². The van der Waals surface area contributed by atoms with Crippen molar-refractivity contribution in [1.82, 2.24) is 0 Å². The first-order valence-electron chi connectivity index (χ1n) is 1.99. The van der Waals surface area contributed by atoms with Gasteiger partial charge in [-0.2, -0.15) is 0 Å². The van der Waals surface area contributed by atoms with Crippen LogP contribution in [0.1, 0.15) is 13.8 Å². The molecule has 0 atom stereocenters. The van der Waals surface area contributed by atoms with Crippen LogP contribution in [0.15, 0.2) is 0 Å². The van der Waals surface area contributed by atoms with Gasteiger partial charge in [-0.15, -0.1) is 0 Å².